The summed E-state index contributed by atoms with van der Waals surface area (Å²) >= 11 is 1.64. The van der Waals surface area contributed by atoms with Gasteiger partial charge in [-0.2, -0.15) is 0 Å². The number of nitrogens with one attached hydrogen (secondary N) is 1. The van der Waals surface area contributed by atoms with Crippen LogP contribution in [-0.4, -0.2) is 12.1 Å². The van der Waals surface area contributed by atoms with E-state index in [0.29, 0.717) is 12.1 Å². The van der Waals surface area contributed by atoms with E-state index in [4.69, 9.17) is 0 Å². The first-order valence-corrected chi connectivity index (χ1v) is 8.19. The van der Waals surface area contributed by atoms with Crippen molar-refractivity contribution in [3.8, 4) is 0 Å². The van der Waals surface area contributed by atoms with Crippen LogP contribution < -0.4 is 5.32 Å². The lowest BCUT2D eigenvalue weighted by Crippen LogP contribution is -2.22. The van der Waals surface area contributed by atoms with Gasteiger partial charge in [-0.1, -0.05) is 36.4 Å². The number of hydrogen-bond acceptors (Lipinski definition) is 3. The van der Waals surface area contributed by atoms with E-state index < -0.39 is 0 Å². The molecular formula is C19H16N2OS. The highest BCUT2D eigenvalue weighted by atomic mass is 32.1. The van der Waals surface area contributed by atoms with Crippen molar-refractivity contribution in [3.05, 3.63) is 88.1 Å². The van der Waals surface area contributed by atoms with Crippen LogP contribution in [-0.2, 0) is 6.54 Å². The Balaban J connectivity index is 1.59. The van der Waals surface area contributed by atoms with Crippen molar-refractivity contribution in [2.45, 2.75) is 6.54 Å². The van der Waals surface area contributed by atoms with Gasteiger partial charge >= 0.3 is 0 Å². The van der Waals surface area contributed by atoms with E-state index in [1.54, 1.807) is 23.5 Å². The molecular weight excluding hydrogens is 304 g/mol. The lowest BCUT2D eigenvalue weighted by molar-refractivity contribution is 0.0951. The minimum atomic E-state index is -0.0809. The van der Waals surface area contributed by atoms with Gasteiger partial charge in [0.15, 0.2) is 0 Å². The van der Waals surface area contributed by atoms with Gasteiger partial charge < -0.3 is 5.32 Å². The first-order valence-electron chi connectivity index (χ1n) is 7.31. The summed E-state index contributed by atoms with van der Waals surface area (Å²) in [7, 11) is 0. The molecule has 0 aliphatic carbocycles. The van der Waals surface area contributed by atoms with E-state index in [2.05, 4.69) is 10.3 Å². The van der Waals surface area contributed by atoms with E-state index in [9.17, 15) is 4.79 Å². The summed E-state index contributed by atoms with van der Waals surface area (Å²) in [6.07, 6.45) is 1.83. The molecule has 2 aromatic carbocycles. The fourth-order valence-electron chi connectivity index (χ4n) is 2.08. The van der Waals surface area contributed by atoms with E-state index in [1.165, 1.54) is 0 Å². The van der Waals surface area contributed by atoms with Gasteiger partial charge in [0.2, 0.25) is 0 Å². The van der Waals surface area contributed by atoms with Crippen molar-refractivity contribution in [1.82, 2.24) is 5.32 Å². The largest absolute Gasteiger partial charge is 0.348 e. The second kappa shape index (κ2) is 7.51. The van der Waals surface area contributed by atoms with E-state index in [1.807, 2.05) is 66.2 Å². The van der Waals surface area contributed by atoms with Crippen molar-refractivity contribution in [2.24, 2.45) is 4.99 Å². The Bertz CT molecular complexity index is 778. The highest BCUT2D eigenvalue weighted by Gasteiger charge is 2.04. The zero-order valence-corrected chi connectivity index (χ0v) is 13.3. The number of nitrogens with zero attached hydrogens (tertiary/aromatic N) is 1. The number of carbonyl (C=O) groups is 1. The minimum Gasteiger partial charge on any atom is -0.348 e. The number of rotatable bonds is 5. The van der Waals surface area contributed by atoms with Crippen molar-refractivity contribution >= 4 is 29.1 Å². The molecule has 0 saturated heterocycles. The molecule has 0 bridgehead atoms. The molecule has 0 atom stereocenters. The van der Waals surface area contributed by atoms with E-state index in [-0.39, 0.29) is 5.91 Å². The van der Waals surface area contributed by atoms with Crippen molar-refractivity contribution in [1.29, 1.82) is 0 Å². The van der Waals surface area contributed by atoms with Crippen LogP contribution in [0.2, 0.25) is 0 Å². The highest BCUT2D eigenvalue weighted by Crippen LogP contribution is 2.14. The maximum Gasteiger partial charge on any atom is 0.251 e. The molecule has 0 aliphatic heterocycles. The molecule has 1 heterocycles. The van der Waals surface area contributed by atoms with Crippen LogP contribution in [0.1, 0.15) is 20.8 Å². The second-order valence-corrected chi connectivity index (χ2v) is 5.97. The van der Waals surface area contributed by atoms with Gasteiger partial charge in [0, 0.05) is 23.2 Å². The number of hydrogen-bond donors (Lipinski definition) is 1. The smallest absolute Gasteiger partial charge is 0.251 e. The van der Waals surface area contributed by atoms with Crippen LogP contribution in [0.5, 0.6) is 0 Å². The zero-order chi connectivity index (χ0) is 15.9. The fraction of sp³-hybridized carbons (Fsp3) is 0.0526. The van der Waals surface area contributed by atoms with Crippen LogP contribution in [0.3, 0.4) is 0 Å². The normalized spacial score (nSPS) is 10.8. The van der Waals surface area contributed by atoms with Crippen LogP contribution in [0.15, 0.2) is 77.1 Å². The summed E-state index contributed by atoms with van der Waals surface area (Å²) in [6, 6.07) is 21.1. The second-order valence-electron chi connectivity index (χ2n) is 4.99. The molecule has 114 valence electrons. The Morgan fingerprint density at radius 3 is 2.48 bits per heavy atom. The molecule has 0 fully saturated rings. The van der Waals surface area contributed by atoms with E-state index in [0.717, 1.165) is 16.1 Å². The molecule has 0 spiro atoms. The standard InChI is InChI=1S/C19H16N2OS/c22-19(21-13-15-5-2-1-3-6-15)16-8-10-17(11-9-16)20-14-18-7-4-12-23-18/h1-12,14H,13H2,(H,21,22). The topological polar surface area (TPSA) is 41.5 Å². The first kappa shape index (κ1) is 15.2. The minimum absolute atomic E-state index is 0.0809. The quantitative estimate of drug-likeness (QED) is 0.694. The number of aliphatic imine (C=N–C) groups is 1. The summed E-state index contributed by atoms with van der Waals surface area (Å²) in [5, 5.41) is 4.93. The zero-order valence-electron chi connectivity index (χ0n) is 12.5. The molecule has 3 nitrogen and oxygen atoms in total. The van der Waals surface area contributed by atoms with Crippen LogP contribution in [0, 0.1) is 0 Å². The Morgan fingerprint density at radius 1 is 1.00 bits per heavy atom. The third kappa shape index (κ3) is 4.37. The van der Waals surface area contributed by atoms with Gasteiger partial charge in [0.05, 0.1) is 5.69 Å². The third-order valence-corrected chi connectivity index (χ3v) is 4.12. The van der Waals surface area contributed by atoms with Crippen molar-refractivity contribution < 1.29 is 4.79 Å². The average molecular weight is 320 g/mol. The van der Waals surface area contributed by atoms with Crippen LogP contribution in [0.25, 0.3) is 0 Å². The van der Waals surface area contributed by atoms with Crippen LogP contribution >= 0.6 is 11.3 Å². The maximum absolute atomic E-state index is 12.1. The third-order valence-electron chi connectivity index (χ3n) is 3.31. The van der Waals surface area contributed by atoms with Gasteiger partial charge in [-0.15, -0.1) is 11.3 Å². The molecule has 0 unspecified atom stereocenters. The summed E-state index contributed by atoms with van der Waals surface area (Å²) in [4.78, 5) is 17.6. The molecule has 4 heteroatoms. The fourth-order valence-corrected chi connectivity index (χ4v) is 2.67. The van der Waals surface area contributed by atoms with Gasteiger partial charge in [-0.25, -0.2) is 0 Å². The monoisotopic (exact) mass is 320 g/mol. The van der Waals surface area contributed by atoms with Crippen LogP contribution in [0.4, 0.5) is 5.69 Å². The predicted molar refractivity (Wildman–Crippen MR) is 95.6 cm³/mol. The lowest BCUT2D eigenvalue weighted by Gasteiger charge is -2.05. The molecule has 0 saturated carbocycles. The molecule has 3 rings (SSSR count). The summed E-state index contributed by atoms with van der Waals surface area (Å²) in [5.41, 5.74) is 2.55. The molecule has 1 amide bonds. The lowest BCUT2D eigenvalue weighted by atomic mass is 10.2. The molecule has 0 radical (unpaired) electrons. The Hall–Kier alpha value is -2.72. The predicted octanol–water partition coefficient (Wildman–Crippen LogP) is 4.43. The molecule has 1 N–H and O–H groups in total. The average Bonchev–Trinajstić information content (AvgIpc) is 3.13. The molecule has 23 heavy (non-hydrogen) atoms. The molecule has 0 aliphatic rings. The highest BCUT2D eigenvalue weighted by molar-refractivity contribution is 7.11. The van der Waals surface area contributed by atoms with Crippen molar-refractivity contribution in [2.75, 3.05) is 0 Å². The number of benzene rings is 2. The number of carbonyl (C=O) groups excluding carboxylic acids is 1. The SMILES string of the molecule is O=C(NCc1ccccc1)c1ccc(N=Cc2cccs2)cc1. The van der Waals surface area contributed by atoms with E-state index >= 15 is 0 Å². The maximum atomic E-state index is 12.1. The molecule has 1 aromatic heterocycles. The Morgan fingerprint density at radius 2 is 1.78 bits per heavy atom. The Labute approximate surface area is 139 Å². The number of thiophene rings is 1. The number of amides is 1. The summed E-state index contributed by atoms with van der Waals surface area (Å²) in [6.45, 7) is 0.526. The van der Waals surface area contributed by atoms with Crippen molar-refractivity contribution in [3.63, 3.8) is 0 Å². The molecule has 3 aromatic rings. The van der Waals surface area contributed by atoms with Gasteiger partial charge in [-0.05, 0) is 41.3 Å². The van der Waals surface area contributed by atoms with Gasteiger partial charge in [-0.3, -0.25) is 9.79 Å². The summed E-state index contributed by atoms with van der Waals surface area (Å²) in [5.74, 6) is -0.0809. The van der Waals surface area contributed by atoms with Gasteiger partial charge in [0.25, 0.3) is 5.91 Å². The first-order chi connectivity index (χ1) is 11.3. The van der Waals surface area contributed by atoms with Gasteiger partial charge in [0.1, 0.15) is 0 Å². The Kier molecular flexibility index (Phi) is 4.96. The summed E-state index contributed by atoms with van der Waals surface area (Å²) < 4.78 is 0.